The van der Waals surface area contributed by atoms with Crippen molar-refractivity contribution in [2.75, 3.05) is 12.1 Å². The molecule has 1 amide bonds. The normalized spacial score (nSPS) is 12.2. The third kappa shape index (κ3) is 3.25. The smallest absolute Gasteiger partial charge is 0.259 e. The maximum absolute atomic E-state index is 12.8. The highest BCUT2D eigenvalue weighted by molar-refractivity contribution is 9.10. The van der Waals surface area contributed by atoms with Crippen molar-refractivity contribution in [2.24, 2.45) is 7.05 Å². The van der Waals surface area contributed by atoms with Crippen molar-refractivity contribution in [3.8, 4) is 11.5 Å². The van der Waals surface area contributed by atoms with Gasteiger partial charge in [-0.05, 0) is 52.5 Å². The molecule has 0 bridgehead atoms. The van der Waals surface area contributed by atoms with Crippen LogP contribution in [0.3, 0.4) is 0 Å². The van der Waals surface area contributed by atoms with Gasteiger partial charge in [-0.15, -0.1) is 5.10 Å². The molecular formula is C16H12BrN5O3S. The summed E-state index contributed by atoms with van der Waals surface area (Å²) in [4.78, 5) is 13.6. The second kappa shape index (κ2) is 6.96. The lowest BCUT2D eigenvalue weighted by Gasteiger charge is -2.12. The number of nitrogens with one attached hydrogen (secondary N) is 1. The Morgan fingerprint density at radius 1 is 1.31 bits per heavy atom. The van der Waals surface area contributed by atoms with Gasteiger partial charge in [0.15, 0.2) is 11.5 Å². The third-order valence-corrected chi connectivity index (χ3v) is 5.21. The molecule has 2 aromatic carbocycles. The van der Waals surface area contributed by atoms with Crippen LogP contribution in [0, 0.1) is 0 Å². The molecule has 1 aromatic heterocycles. The summed E-state index contributed by atoms with van der Waals surface area (Å²) >= 11 is 4.79. The number of benzene rings is 2. The van der Waals surface area contributed by atoms with E-state index in [1.165, 1.54) is 11.8 Å². The first-order valence-electron chi connectivity index (χ1n) is 7.51. The van der Waals surface area contributed by atoms with Gasteiger partial charge in [0.2, 0.25) is 11.9 Å². The fourth-order valence-corrected chi connectivity index (χ4v) is 3.55. The SMILES string of the molecule is Cn1nnnc1Sc1ccc(Br)cc1NC(=O)c1cccc2c1OCO2. The molecule has 4 rings (SSSR count). The van der Waals surface area contributed by atoms with Gasteiger partial charge in [0.05, 0.1) is 11.3 Å². The minimum Gasteiger partial charge on any atom is -0.454 e. The van der Waals surface area contributed by atoms with Crippen LogP contribution in [0.15, 0.2) is 50.9 Å². The number of aryl methyl sites for hydroxylation is 1. The van der Waals surface area contributed by atoms with E-state index in [9.17, 15) is 4.79 Å². The Balaban J connectivity index is 1.64. The molecule has 1 aliphatic heterocycles. The summed E-state index contributed by atoms with van der Waals surface area (Å²) in [6.45, 7) is 0.108. The van der Waals surface area contributed by atoms with Crippen LogP contribution in [0.25, 0.3) is 0 Å². The second-order valence-corrected chi connectivity index (χ2v) is 7.25. The zero-order valence-corrected chi connectivity index (χ0v) is 15.9. The van der Waals surface area contributed by atoms with Crippen LogP contribution in [0.2, 0.25) is 0 Å². The molecule has 0 unspecified atom stereocenters. The van der Waals surface area contributed by atoms with E-state index in [1.54, 1.807) is 29.9 Å². The van der Waals surface area contributed by atoms with Crippen molar-refractivity contribution in [2.45, 2.75) is 10.1 Å². The lowest BCUT2D eigenvalue weighted by atomic mass is 10.1. The summed E-state index contributed by atoms with van der Waals surface area (Å²) in [7, 11) is 1.75. The molecule has 0 spiro atoms. The quantitative estimate of drug-likeness (QED) is 0.675. The Kier molecular flexibility index (Phi) is 4.51. The van der Waals surface area contributed by atoms with E-state index in [4.69, 9.17) is 9.47 Å². The van der Waals surface area contributed by atoms with Crippen molar-refractivity contribution < 1.29 is 14.3 Å². The summed E-state index contributed by atoms with van der Waals surface area (Å²) in [5.41, 5.74) is 1.05. The van der Waals surface area contributed by atoms with Crippen LogP contribution < -0.4 is 14.8 Å². The summed E-state index contributed by atoms with van der Waals surface area (Å²) in [5, 5.41) is 14.9. The average molecular weight is 434 g/mol. The van der Waals surface area contributed by atoms with E-state index in [0.717, 1.165) is 9.37 Å². The minimum atomic E-state index is -0.289. The first kappa shape index (κ1) is 16.9. The fraction of sp³-hybridized carbons (Fsp3) is 0.125. The predicted octanol–water partition coefficient (Wildman–Crippen LogP) is 3.10. The first-order valence-corrected chi connectivity index (χ1v) is 9.12. The van der Waals surface area contributed by atoms with Gasteiger partial charge in [-0.1, -0.05) is 22.0 Å². The van der Waals surface area contributed by atoms with Gasteiger partial charge in [-0.25, -0.2) is 4.68 Å². The molecule has 26 heavy (non-hydrogen) atoms. The number of amides is 1. The number of carbonyl (C=O) groups is 1. The maximum atomic E-state index is 12.8. The van der Waals surface area contributed by atoms with Crippen molar-refractivity contribution in [3.63, 3.8) is 0 Å². The molecule has 132 valence electrons. The molecule has 1 aliphatic rings. The number of tetrazole rings is 1. The number of ether oxygens (including phenoxy) is 2. The lowest BCUT2D eigenvalue weighted by molar-refractivity contribution is 0.102. The number of fused-ring (bicyclic) bond motifs is 1. The molecule has 0 atom stereocenters. The fourth-order valence-electron chi connectivity index (χ4n) is 2.39. The number of aromatic nitrogens is 4. The van der Waals surface area contributed by atoms with Crippen LogP contribution in [-0.4, -0.2) is 32.9 Å². The summed E-state index contributed by atoms with van der Waals surface area (Å²) in [6, 6.07) is 10.8. The zero-order valence-electron chi connectivity index (χ0n) is 13.5. The molecule has 0 saturated heterocycles. The molecule has 10 heteroatoms. The lowest BCUT2D eigenvalue weighted by Crippen LogP contribution is -2.13. The van der Waals surface area contributed by atoms with Crippen LogP contribution in [0.5, 0.6) is 11.5 Å². The highest BCUT2D eigenvalue weighted by Gasteiger charge is 2.22. The molecule has 0 aliphatic carbocycles. The van der Waals surface area contributed by atoms with Crippen LogP contribution in [-0.2, 0) is 7.05 Å². The van der Waals surface area contributed by atoms with Crippen molar-refractivity contribution in [1.82, 2.24) is 20.2 Å². The largest absolute Gasteiger partial charge is 0.454 e. The summed E-state index contributed by atoms with van der Waals surface area (Å²) in [5.74, 6) is 0.724. The summed E-state index contributed by atoms with van der Waals surface area (Å²) < 4.78 is 13.1. The zero-order chi connectivity index (χ0) is 18.1. The Bertz CT molecular complexity index is 994. The van der Waals surface area contributed by atoms with Crippen LogP contribution in [0.1, 0.15) is 10.4 Å². The number of anilines is 1. The molecule has 0 radical (unpaired) electrons. The second-order valence-electron chi connectivity index (χ2n) is 5.32. The third-order valence-electron chi connectivity index (χ3n) is 3.61. The molecule has 8 nitrogen and oxygen atoms in total. The standard InChI is InChI=1S/C16H12BrN5O3S/c1-22-16(19-20-21-22)26-13-6-5-9(17)7-11(13)18-15(23)10-3-2-4-12-14(10)25-8-24-12/h2-7H,8H2,1H3,(H,18,23). The highest BCUT2D eigenvalue weighted by Crippen LogP contribution is 2.37. The Morgan fingerprint density at radius 2 is 2.19 bits per heavy atom. The number of hydrogen-bond donors (Lipinski definition) is 1. The Labute approximate surface area is 161 Å². The van der Waals surface area contributed by atoms with Gasteiger partial charge < -0.3 is 14.8 Å². The van der Waals surface area contributed by atoms with E-state index < -0.39 is 0 Å². The molecule has 3 aromatic rings. The van der Waals surface area contributed by atoms with Crippen LogP contribution >= 0.6 is 27.7 Å². The van der Waals surface area contributed by atoms with E-state index in [0.29, 0.717) is 27.9 Å². The van der Waals surface area contributed by atoms with Crippen LogP contribution in [0.4, 0.5) is 5.69 Å². The Hall–Kier alpha value is -2.59. The number of para-hydroxylation sites is 1. The van der Waals surface area contributed by atoms with E-state index in [1.807, 2.05) is 18.2 Å². The number of hydrogen-bond acceptors (Lipinski definition) is 7. The number of carbonyl (C=O) groups excluding carboxylic acids is 1. The molecule has 0 fully saturated rings. The van der Waals surface area contributed by atoms with Crippen molar-refractivity contribution in [3.05, 3.63) is 46.4 Å². The molecular weight excluding hydrogens is 422 g/mol. The van der Waals surface area contributed by atoms with Gasteiger partial charge in [-0.2, -0.15) is 0 Å². The van der Waals surface area contributed by atoms with E-state index in [-0.39, 0.29) is 12.7 Å². The minimum absolute atomic E-state index is 0.108. The number of halogens is 1. The van der Waals surface area contributed by atoms with Crippen molar-refractivity contribution >= 4 is 39.3 Å². The monoisotopic (exact) mass is 433 g/mol. The molecule has 2 heterocycles. The van der Waals surface area contributed by atoms with Gasteiger partial charge >= 0.3 is 0 Å². The number of nitrogens with zero attached hydrogens (tertiary/aromatic N) is 4. The van der Waals surface area contributed by atoms with E-state index >= 15 is 0 Å². The van der Waals surface area contributed by atoms with Gasteiger partial charge in [0.25, 0.3) is 5.91 Å². The van der Waals surface area contributed by atoms with Gasteiger partial charge in [0, 0.05) is 16.4 Å². The highest BCUT2D eigenvalue weighted by atomic mass is 79.9. The summed E-state index contributed by atoms with van der Waals surface area (Å²) in [6.07, 6.45) is 0. The first-order chi connectivity index (χ1) is 12.6. The molecule has 1 N–H and O–H groups in total. The average Bonchev–Trinajstić information content (AvgIpc) is 3.26. The Morgan fingerprint density at radius 3 is 3.00 bits per heavy atom. The van der Waals surface area contributed by atoms with E-state index in [2.05, 4.69) is 36.8 Å². The van der Waals surface area contributed by atoms with Gasteiger partial charge in [0.1, 0.15) is 0 Å². The van der Waals surface area contributed by atoms with Crippen molar-refractivity contribution in [1.29, 1.82) is 0 Å². The van der Waals surface area contributed by atoms with Gasteiger partial charge in [-0.3, -0.25) is 4.79 Å². The molecule has 0 saturated carbocycles. The predicted molar refractivity (Wildman–Crippen MR) is 97.6 cm³/mol. The topological polar surface area (TPSA) is 91.2 Å². The number of rotatable bonds is 4. The maximum Gasteiger partial charge on any atom is 0.259 e.